The second kappa shape index (κ2) is 9.82. The van der Waals surface area contributed by atoms with Crippen molar-refractivity contribution in [2.24, 2.45) is 0 Å². The van der Waals surface area contributed by atoms with Gasteiger partial charge in [0.1, 0.15) is 0 Å². The van der Waals surface area contributed by atoms with Crippen LogP contribution in [0.5, 0.6) is 11.5 Å². The van der Waals surface area contributed by atoms with Gasteiger partial charge in [-0.15, -0.1) is 0 Å². The first-order chi connectivity index (χ1) is 14.1. The molecule has 9 heteroatoms. The number of carbonyl (C=O) groups excluding carboxylic acids is 1. The zero-order valence-corrected chi connectivity index (χ0v) is 19.0. The van der Waals surface area contributed by atoms with Gasteiger partial charge in [0.2, 0.25) is 0 Å². The van der Waals surface area contributed by atoms with Crippen molar-refractivity contribution >= 4 is 21.8 Å². The minimum Gasteiger partial charge on any atom is -0.493 e. The van der Waals surface area contributed by atoms with Crippen LogP contribution in [-0.4, -0.2) is 53.0 Å². The van der Waals surface area contributed by atoms with Gasteiger partial charge in [-0.05, 0) is 55.8 Å². The van der Waals surface area contributed by atoms with E-state index in [1.165, 1.54) is 21.1 Å². The molecular formula is C21H29N3O5S. The van der Waals surface area contributed by atoms with Crippen LogP contribution in [0.25, 0.3) is 0 Å². The van der Waals surface area contributed by atoms with Gasteiger partial charge in [-0.1, -0.05) is 6.07 Å². The monoisotopic (exact) mass is 435 g/mol. The fourth-order valence-corrected chi connectivity index (χ4v) is 3.54. The summed E-state index contributed by atoms with van der Waals surface area (Å²) in [6.07, 6.45) is 0.0270. The van der Waals surface area contributed by atoms with Crippen LogP contribution in [0.3, 0.4) is 0 Å². The molecule has 0 spiro atoms. The van der Waals surface area contributed by atoms with Gasteiger partial charge < -0.3 is 14.8 Å². The maximum Gasteiger partial charge on any atom is 0.303 e. The molecule has 2 aromatic rings. The highest BCUT2D eigenvalue weighted by Crippen LogP contribution is 2.29. The zero-order valence-electron chi connectivity index (χ0n) is 18.2. The molecule has 0 aliphatic heterocycles. The number of amides is 1. The molecule has 0 fully saturated rings. The van der Waals surface area contributed by atoms with Gasteiger partial charge in [-0.25, -0.2) is 0 Å². The number of ether oxygens (including phenoxy) is 2. The largest absolute Gasteiger partial charge is 0.493 e. The Morgan fingerprint density at radius 3 is 2.20 bits per heavy atom. The number of anilines is 1. The molecule has 0 aliphatic carbocycles. The second-order valence-corrected chi connectivity index (χ2v) is 9.31. The first-order valence-corrected chi connectivity index (χ1v) is 10.8. The Morgan fingerprint density at radius 2 is 1.67 bits per heavy atom. The Kier molecular flexibility index (Phi) is 7.69. The summed E-state index contributed by atoms with van der Waals surface area (Å²) >= 11 is 0. The van der Waals surface area contributed by atoms with E-state index in [2.05, 4.69) is 5.32 Å². The number of hydrogen-bond donors (Lipinski definition) is 1. The highest BCUT2D eigenvalue weighted by atomic mass is 32.2. The van der Waals surface area contributed by atoms with Gasteiger partial charge in [0, 0.05) is 33.3 Å². The first kappa shape index (κ1) is 23.5. The van der Waals surface area contributed by atoms with Gasteiger partial charge in [-0.2, -0.15) is 12.7 Å². The predicted octanol–water partition coefficient (Wildman–Crippen LogP) is 2.66. The van der Waals surface area contributed by atoms with Gasteiger partial charge in [0.05, 0.1) is 18.9 Å². The standard InChI is InChI=1S/C21H29N3O5S/c1-15(2)29-19-12-7-16(13-20(19)28-6)14-22-21(25)17-8-10-18(11-9-17)24(5)30(26,27)23(3)4/h7-13,15H,14H2,1-6H3,(H,22,25). The van der Waals surface area contributed by atoms with Crippen LogP contribution in [0.1, 0.15) is 29.8 Å². The molecule has 1 N–H and O–H groups in total. The lowest BCUT2D eigenvalue weighted by Gasteiger charge is -2.23. The van der Waals surface area contributed by atoms with Crippen LogP contribution in [0.2, 0.25) is 0 Å². The molecule has 0 heterocycles. The Bertz CT molecular complexity index is 973. The molecule has 1 amide bonds. The molecule has 30 heavy (non-hydrogen) atoms. The lowest BCUT2D eigenvalue weighted by atomic mass is 10.1. The van der Waals surface area contributed by atoms with E-state index in [-0.39, 0.29) is 12.0 Å². The smallest absolute Gasteiger partial charge is 0.303 e. The second-order valence-electron chi connectivity index (χ2n) is 7.14. The minimum atomic E-state index is -3.58. The van der Waals surface area contributed by atoms with Crippen LogP contribution in [0.4, 0.5) is 5.69 Å². The van der Waals surface area contributed by atoms with Crippen molar-refractivity contribution < 1.29 is 22.7 Å². The molecule has 8 nitrogen and oxygen atoms in total. The van der Waals surface area contributed by atoms with E-state index >= 15 is 0 Å². The van der Waals surface area contributed by atoms with Gasteiger partial charge in [-0.3, -0.25) is 9.10 Å². The topological polar surface area (TPSA) is 88.2 Å². The molecule has 164 valence electrons. The molecule has 2 aromatic carbocycles. The quantitative estimate of drug-likeness (QED) is 0.654. The maximum absolute atomic E-state index is 12.5. The summed E-state index contributed by atoms with van der Waals surface area (Å²) in [4.78, 5) is 12.5. The first-order valence-electron chi connectivity index (χ1n) is 9.44. The van der Waals surface area contributed by atoms with E-state index < -0.39 is 10.2 Å². The number of methoxy groups -OCH3 is 1. The summed E-state index contributed by atoms with van der Waals surface area (Å²) in [6, 6.07) is 11.9. The number of nitrogens with one attached hydrogen (secondary N) is 1. The summed E-state index contributed by atoms with van der Waals surface area (Å²) in [6.45, 7) is 4.19. The normalized spacial score (nSPS) is 11.5. The average Bonchev–Trinajstić information content (AvgIpc) is 2.71. The fourth-order valence-electron chi connectivity index (χ4n) is 2.66. The molecule has 0 unspecified atom stereocenters. The van der Waals surface area contributed by atoms with E-state index in [9.17, 15) is 13.2 Å². The third kappa shape index (κ3) is 5.64. The Balaban J connectivity index is 2.05. The molecular weight excluding hydrogens is 406 g/mol. The molecule has 0 radical (unpaired) electrons. The Hall–Kier alpha value is -2.78. The summed E-state index contributed by atoms with van der Waals surface area (Å²) < 4.78 is 37.7. The van der Waals surface area contributed by atoms with Crippen LogP contribution in [-0.2, 0) is 16.8 Å². The van der Waals surface area contributed by atoms with Crippen molar-refractivity contribution in [1.82, 2.24) is 9.62 Å². The minimum absolute atomic E-state index is 0.0270. The fraction of sp³-hybridized carbons (Fsp3) is 0.381. The molecule has 0 saturated carbocycles. The summed E-state index contributed by atoms with van der Waals surface area (Å²) in [5.41, 5.74) is 1.76. The van der Waals surface area contributed by atoms with E-state index in [0.29, 0.717) is 29.3 Å². The van der Waals surface area contributed by atoms with E-state index in [0.717, 1.165) is 14.2 Å². The van der Waals surface area contributed by atoms with E-state index in [4.69, 9.17) is 9.47 Å². The summed E-state index contributed by atoms with van der Waals surface area (Å²) in [5.74, 6) is 0.987. The average molecular weight is 436 g/mol. The van der Waals surface area contributed by atoms with Crippen LogP contribution in [0.15, 0.2) is 42.5 Å². The Labute approximate surface area is 178 Å². The third-order valence-corrected chi connectivity index (χ3v) is 6.17. The SMILES string of the molecule is COc1cc(CNC(=O)c2ccc(N(C)S(=O)(=O)N(C)C)cc2)ccc1OC(C)C. The highest BCUT2D eigenvalue weighted by Gasteiger charge is 2.21. The number of nitrogens with zero attached hydrogens (tertiary/aromatic N) is 2. The van der Waals surface area contributed by atoms with Crippen LogP contribution >= 0.6 is 0 Å². The summed E-state index contributed by atoms with van der Waals surface area (Å²) in [5, 5.41) is 2.85. The third-order valence-electron chi connectivity index (χ3n) is 4.34. The van der Waals surface area contributed by atoms with Crippen molar-refractivity contribution in [2.45, 2.75) is 26.5 Å². The Morgan fingerprint density at radius 1 is 1.03 bits per heavy atom. The lowest BCUT2D eigenvalue weighted by Crippen LogP contribution is -2.37. The van der Waals surface area contributed by atoms with Crippen molar-refractivity contribution in [3.05, 3.63) is 53.6 Å². The number of carbonyl (C=O) groups is 1. The maximum atomic E-state index is 12.5. The predicted molar refractivity (Wildman–Crippen MR) is 117 cm³/mol. The molecule has 0 aliphatic rings. The van der Waals surface area contributed by atoms with Crippen molar-refractivity contribution in [1.29, 1.82) is 0 Å². The van der Waals surface area contributed by atoms with Gasteiger partial charge in [0.25, 0.3) is 5.91 Å². The number of hydrogen-bond acceptors (Lipinski definition) is 5. The molecule has 0 saturated heterocycles. The van der Waals surface area contributed by atoms with E-state index in [1.54, 1.807) is 31.4 Å². The molecule has 0 bridgehead atoms. The molecule has 0 atom stereocenters. The van der Waals surface area contributed by atoms with Gasteiger partial charge >= 0.3 is 10.2 Å². The van der Waals surface area contributed by atoms with Crippen LogP contribution in [0, 0.1) is 0 Å². The lowest BCUT2D eigenvalue weighted by molar-refractivity contribution is 0.0951. The zero-order chi connectivity index (χ0) is 22.5. The highest BCUT2D eigenvalue weighted by molar-refractivity contribution is 7.90. The van der Waals surface area contributed by atoms with E-state index in [1.807, 2.05) is 32.0 Å². The van der Waals surface area contributed by atoms with Crippen molar-refractivity contribution in [3.8, 4) is 11.5 Å². The summed E-state index contributed by atoms with van der Waals surface area (Å²) in [7, 11) is 2.37. The van der Waals surface area contributed by atoms with Gasteiger partial charge in [0.15, 0.2) is 11.5 Å². The molecule has 0 aromatic heterocycles. The number of benzene rings is 2. The number of rotatable bonds is 9. The molecule has 2 rings (SSSR count). The van der Waals surface area contributed by atoms with Crippen molar-refractivity contribution in [2.75, 3.05) is 32.6 Å². The van der Waals surface area contributed by atoms with Crippen LogP contribution < -0.4 is 19.1 Å². The van der Waals surface area contributed by atoms with Crippen molar-refractivity contribution in [3.63, 3.8) is 0 Å².